The van der Waals surface area contributed by atoms with Gasteiger partial charge in [0.25, 0.3) is 0 Å². The van der Waals surface area contributed by atoms with Crippen molar-refractivity contribution in [3.8, 4) is 28.6 Å². The van der Waals surface area contributed by atoms with Crippen molar-refractivity contribution in [2.75, 3.05) is 19.6 Å². The van der Waals surface area contributed by atoms with E-state index in [1.165, 1.54) is 0 Å². The van der Waals surface area contributed by atoms with E-state index in [-0.39, 0.29) is 6.61 Å². The number of ether oxygens (including phenoxy) is 3. The third-order valence-electron chi connectivity index (χ3n) is 5.12. The molecular formula is C24H22Cl2N4O3S. The van der Waals surface area contributed by atoms with Crippen molar-refractivity contribution in [1.29, 1.82) is 0 Å². The van der Waals surface area contributed by atoms with Gasteiger partial charge in [-0.1, -0.05) is 47.5 Å². The fourth-order valence-electron chi connectivity index (χ4n) is 3.39. The van der Waals surface area contributed by atoms with Gasteiger partial charge in [-0.25, -0.2) is 9.77 Å². The Morgan fingerprint density at radius 1 is 0.941 bits per heavy atom. The number of methoxy groups -OCH3 is 2. The second kappa shape index (κ2) is 10.8. The maximum absolute atomic E-state index is 6.24. The number of aromatic amines is 1. The number of rotatable bonds is 9. The quantitative estimate of drug-likeness (QED) is 0.256. The number of hydrogen-bond donors (Lipinski definition) is 2. The van der Waals surface area contributed by atoms with E-state index in [9.17, 15) is 0 Å². The van der Waals surface area contributed by atoms with Crippen LogP contribution in [-0.2, 0) is 13.2 Å². The summed E-state index contributed by atoms with van der Waals surface area (Å²) >= 11 is 17.9. The van der Waals surface area contributed by atoms with Crippen LogP contribution in [0.15, 0.2) is 60.7 Å². The summed E-state index contributed by atoms with van der Waals surface area (Å²) in [5.74, 6) is 2.48. The molecule has 0 aliphatic carbocycles. The second-order valence-electron chi connectivity index (χ2n) is 7.20. The summed E-state index contributed by atoms with van der Waals surface area (Å²) in [6.45, 7) is 0.682. The van der Waals surface area contributed by atoms with E-state index >= 15 is 0 Å². The highest BCUT2D eigenvalue weighted by atomic mass is 35.5. The lowest BCUT2D eigenvalue weighted by molar-refractivity contribution is 0.284. The first kappa shape index (κ1) is 23.9. The SMILES string of the molecule is COc1cc(CNn2c(-c3ccccc3OC)n[nH]c2=S)ccc1OCc1c(Cl)cccc1Cl. The van der Waals surface area contributed by atoms with Crippen molar-refractivity contribution >= 4 is 35.4 Å². The standard InChI is InChI=1S/C24H22Cl2N4O3S/c1-31-20-9-4-3-6-16(20)23-28-29-24(34)30(23)27-13-15-10-11-21(22(12-15)32-2)33-14-17-18(25)7-5-8-19(17)26/h3-12,27H,13-14H2,1-2H3,(H,29,34). The monoisotopic (exact) mass is 516 g/mol. The number of benzene rings is 3. The fraction of sp³-hybridized carbons (Fsp3) is 0.167. The summed E-state index contributed by atoms with van der Waals surface area (Å²) in [6, 6.07) is 18.6. The van der Waals surface area contributed by atoms with Crippen LogP contribution in [0, 0.1) is 4.77 Å². The van der Waals surface area contributed by atoms with Crippen LogP contribution >= 0.6 is 35.4 Å². The van der Waals surface area contributed by atoms with Crippen LogP contribution in [0.25, 0.3) is 11.4 Å². The molecule has 176 valence electrons. The lowest BCUT2D eigenvalue weighted by Gasteiger charge is -2.15. The molecule has 0 atom stereocenters. The van der Waals surface area contributed by atoms with Gasteiger partial charge in [0.2, 0.25) is 4.77 Å². The number of nitrogens with one attached hydrogen (secondary N) is 2. The van der Waals surface area contributed by atoms with Crippen LogP contribution in [0.3, 0.4) is 0 Å². The minimum atomic E-state index is 0.221. The zero-order chi connectivity index (χ0) is 24.1. The fourth-order valence-corrected chi connectivity index (χ4v) is 4.09. The number of para-hydroxylation sites is 1. The molecule has 0 aliphatic heterocycles. The molecule has 0 radical (unpaired) electrons. The Bertz CT molecular complexity index is 1340. The average molecular weight is 517 g/mol. The zero-order valence-corrected chi connectivity index (χ0v) is 20.8. The number of hydrogen-bond acceptors (Lipinski definition) is 6. The van der Waals surface area contributed by atoms with Crippen LogP contribution < -0.4 is 19.6 Å². The summed E-state index contributed by atoms with van der Waals surface area (Å²) in [6.07, 6.45) is 0. The smallest absolute Gasteiger partial charge is 0.214 e. The molecule has 10 heteroatoms. The van der Waals surface area contributed by atoms with Gasteiger partial charge >= 0.3 is 0 Å². The molecular weight excluding hydrogens is 495 g/mol. The van der Waals surface area contributed by atoms with Crippen molar-refractivity contribution in [1.82, 2.24) is 14.9 Å². The van der Waals surface area contributed by atoms with Gasteiger partial charge in [-0.05, 0) is 54.2 Å². The summed E-state index contributed by atoms with van der Waals surface area (Å²) in [4.78, 5) is 0. The van der Waals surface area contributed by atoms with E-state index in [1.807, 2.05) is 42.5 Å². The molecule has 0 saturated heterocycles. The minimum Gasteiger partial charge on any atom is -0.496 e. The molecule has 34 heavy (non-hydrogen) atoms. The maximum Gasteiger partial charge on any atom is 0.214 e. The zero-order valence-electron chi connectivity index (χ0n) is 18.5. The molecule has 2 N–H and O–H groups in total. The number of halogens is 2. The van der Waals surface area contributed by atoms with Crippen molar-refractivity contribution < 1.29 is 14.2 Å². The molecule has 7 nitrogen and oxygen atoms in total. The molecule has 0 unspecified atom stereocenters. The summed E-state index contributed by atoms with van der Waals surface area (Å²) in [5.41, 5.74) is 5.78. The molecule has 0 spiro atoms. The number of nitrogens with zero attached hydrogens (tertiary/aromatic N) is 2. The molecule has 1 aromatic heterocycles. The molecule has 0 amide bonds. The van der Waals surface area contributed by atoms with Crippen LogP contribution in [0.5, 0.6) is 17.2 Å². The third kappa shape index (κ3) is 5.14. The van der Waals surface area contributed by atoms with Crippen LogP contribution in [0.2, 0.25) is 10.0 Å². The Labute approximate surface area is 212 Å². The highest BCUT2D eigenvalue weighted by Crippen LogP contribution is 2.32. The van der Waals surface area contributed by atoms with E-state index in [0.29, 0.717) is 44.4 Å². The Balaban J connectivity index is 1.51. The topological polar surface area (TPSA) is 73.3 Å². The second-order valence-corrected chi connectivity index (χ2v) is 8.40. The molecule has 0 saturated carbocycles. The highest BCUT2D eigenvalue weighted by molar-refractivity contribution is 7.71. The van der Waals surface area contributed by atoms with E-state index in [4.69, 9.17) is 49.6 Å². The number of aromatic nitrogens is 3. The van der Waals surface area contributed by atoms with Gasteiger partial charge in [0.1, 0.15) is 12.4 Å². The Hall–Kier alpha value is -3.20. The van der Waals surface area contributed by atoms with Crippen molar-refractivity contribution in [2.45, 2.75) is 13.2 Å². The normalized spacial score (nSPS) is 10.7. The van der Waals surface area contributed by atoms with Gasteiger partial charge in [0.05, 0.1) is 26.3 Å². The average Bonchev–Trinajstić information content (AvgIpc) is 3.22. The first-order chi connectivity index (χ1) is 16.5. The molecule has 0 aliphatic rings. The Morgan fingerprint density at radius 3 is 2.41 bits per heavy atom. The molecule has 0 bridgehead atoms. The predicted octanol–water partition coefficient (Wildman–Crippen LogP) is 6.25. The van der Waals surface area contributed by atoms with Gasteiger partial charge in [-0.2, -0.15) is 5.10 Å². The van der Waals surface area contributed by atoms with Crippen LogP contribution in [-0.4, -0.2) is 29.1 Å². The Kier molecular flexibility index (Phi) is 7.62. The van der Waals surface area contributed by atoms with Gasteiger partial charge in [0.15, 0.2) is 17.3 Å². The summed E-state index contributed by atoms with van der Waals surface area (Å²) < 4.78 is 19.1. The van der Waals surface area contributed by atoms with Gasteiger partial charge < -0.3 is 19.6 Å². The van der Waals surface area contributed by atoms with Crippen LogP contribution in [0.1, 0.15) is 11.1 Å². The van der Waals surface area contributed by atoms with Gasteiger partial charge in [-0.3, -0.25) is 0 Å². The van der Waals surface area contributed by atoms with Crippen LogP contribution in [0.4, 0.5) is 0 Å². The summed E-state index contributed by atoms with van der Waals surface area (Å²) in [5, 5.41) is 8.29. The summed E-state index contributed by atoms with van der Waals surface area (Å²) in [7, 11) is 3.21. The molecule has 4 rings (SSSR count). The van der Waals surface area contributed by atoms with Crippen molar-refractivity contribution in [3.63, 3.8) is 0 Å². The molecule has 0 fully saturated rings. The van der Waals surface area contributed by atoms with E-state index in [0.717, 1.165) is 16.7 Å². The highest BCUT2D eigenvalue weighted by Gasteiger charge is 2.14. The molecule has 1 heterocycles. The minimum absolute atomic E-state index is 0.221. The van der Waals surface area contributed by atoms with E-state index < -0.39 is 0 Å². The first-order valence-electron chi connectivity index (χ1n) is 10.3. The maximum atomic E-state index is 6.24. The first-order valence-corrected chi connectivity index (χ1v) is 11.5. The Morgan fingerprint density at radius 2 is 1.68 bits per heavy atom. The van der Waals surface area contributed by atoms with Gasteiger partial charge in [0, 0.05) is 15.6 Å². The lowest BCUT2D eigenvalue weighted by Crippen LogP contribution is -2.16. The largest absolute Gasteiger partial charge is 0.496 e. The number of H-pyrrole nitrogens is 1. The lowest BCUT2D eigenvalue weighted by atomic mass is 10.2. The third-order valence-corrected chi connectivity index (χ3v) is 6.11. The van der Waals surface area contributed by atoms with Crippen molar-refractivity contribution in [3.05, 3.63) is 86.6 Å². The van der Waals surface area contributed by atoms with Gasteiger partial charge in [-0.15, -0.1) is 0 Å². The van der Waals surface area contributed by atoms with E-state index in [1.54, 1.807) is 37.1 Å². The van der Waals surface area contributed by atoms with E-state index in [2.05, 4.69) is 15.6 Å². The molecule has 4 aromatic rings. The van der Waals surface area contributed by atoms with Crippen molar-refractivity contribution in [2.24, 2.45) is 0 Å². The molecule has 3 aromatic carbocycles. The predicted molar refractivity (Wildman–Crippen MR) is 136 cm³/mol.